The minimum atomic E-state index is -0.882. The van der Waals surface area contributed by atoms with Crippen molar-refractivity contribution in [1.29, 1.82) is 0 Å². The minimum absolute atomic E-state index is 0.130. The number of nitrogens with one attached hydrogen (secondary N) is 2. The highest BCUT2D eigenvalue weighted by Gasteiger charge is 2.17. The maximum Gasteiger partial charge on any atom is 0.319 e. The SMILES string of the molecule is CCCC(CNC(=O)Nc1ccc(Br)cc1C)C(=O)O. The van der Waals surface area contributed by atoms with E-state index in [1.54, 1.807) is 6.07 Å². The fourth-order valence-corrected chi connectivity index (χ4v) is 2.29. The number of carbonyl (C=O) groups is 2. The smallest absolute Gasteiger partial charge is 0.319 e. The second kappa shape index (κ2) is 7.89. The lowest BCUT2D eigenvalue weighted by Crippen LogP contribution is -2.35. The van der Waals surface area contributed by atoms with Crippen LogP contribution >= 0.6 is 15.9 Å². The molecule has 0 aliphatic carbocycles. The van der Waals surface area contributed by atoms with Crippen molar-refractivity contribution in [1.82, 2.24) is 5.32 Å². The number of hydrogen-bond acceptors (Lipinski definition) is 2. The number of halogens is 1. The number of carboxylic acids is 1. The van der Waals surface area contributed by atoms with E-state index in [-0.39, 0.29) is 6.54 Å². The molecule has 0 bridgehead atoms. The van der Waals surface area contributed by atoms with Crippen LogP contribution in [0.4, 0.5) is 10.5 Å². The van der Waals surface area contributed by atoms with E-state index in [4.69, 9.17) is 5.11 Å². The number of urea groups is 1. The summed E-state index contributed by atoms with van der Waals surface area (Å²) in [5, 5.41) is 14.3. The van der Waals surface area contributed by atoms with Crippen molar-refractivity contribution in [3.63, 3.8) is 0 Å². The molecule has 0 spiro atoms. The molecule has 1 atom stereocenters. The summed E-state index contributed by atoms with van der Waals surface area (Å²) in [6.45, 7) is 3.93. The second-order valence-electron chi connectivity index (χ2n) is 4.62. The summed E-state index contributed by atoms with van der Waals surface area (Å²) in [4.78, 5) is 22.7. The van der Waals surface area contributed by atoms with Gasteiger partial charge in [0.25, 0.3) is 0 Å². The molecule has 0 aromatic heterocycles. The summed E-state index contributed by atoms with van der Waals surface area (Å²) < 4.78 is 0.940. The lowest BCUT2D eigenvalue weighted by Gasteiger charge is -2.14. The Bertz CT molecular complexity index is 491. The van der Waals surface area contributed by atoms with Gasteiger partial charge in [-0.25, -0.2) is 4.79 Å². The van der Waals surface area contributed by atoms with Crippen molar-refractivity contribution in [3.05, 3.63) is 28.2 Å². The van der Waals surface area contributed by atoms with Gasteiger partial charge in [0.05, 0.1) is 5.92 Å². The molecule has 1 rings (SSSR count). The fraction of sp³-hybridized carbons (Fsp3) is 0.429. The number of carbonyl (C=O) groups excluding carboxylic acids is 1. The number of aryl methyl sites for hydroxylation is 1. The number of rotatable bonds is 6. The summed E-state index contributed by atoms with van der Waals surface area (Å²) in [5.74, 6) is -1.43. The van der Waals surface area contributed by atoms with Gasteiger partial charge in [0, 0.05) is 16.7 Å². The molecule has 0 heterocycles. The van der Waals surface area contributed by atoms with Gasteiger partial charge in [-0.2, -0.15) is 0 Å². The molecule has 0 saturated carbocycles. The van der Waals surface area contributed by atoms with Crippen molar-refractivity contribution < 1.29 is 14.7 Å². The molecule has 1 unspecified atom stereocenters. The first-order valence-electron chi connectivity index (χ1n) is 6.47. The average molecular weight is 343 g/mol. The predicted octanol–water partition coefficient (Wildman–Crippen LogP) is 3.38. The molecule has 20 heavy (non-hydrogen) atoms. The molecule has 6 heteroatoms. The largest absolute Gasteiger partial charge is 0.481 e. The fourth-order valence-electron chi connectivity index (χ4n) is 1.81. The molecule has 0 aliphatic rings. The zero-order valence-corrected chi connectivity index (χ0v) is 13.2. The monoisotopic (exact) mass is 342 g/mol. The van der Waals surface area contributed by atoms with E-state index in [1.807, 2.05) is 26.0 Å². The van der Waals surface area contributed by atoms with Crippen LogP contribution in [0, 0.1) is 12.8 Å². The molecule has 0 fully saturated rings. The number of anilines is 1. The van der Waals surface area contributed by atoms with Crippen LogP contribution in [0.2, 0.25) is 0 Å². The van der Waals surface area contributed by atoms with Gasteiger partial charge in [0.2, 0.25) is 0 Å². The topological polar surface area (TPSA) is 78.4 Å². The van der Waals surface area contributed by atoms with E-state index >= 15 is 0 Å². The highest BCUT2D eigenvalue weighted by molar-refractivity contribution is 9.10. The van der Waals surface area contributed by atoms with Gasteiger partial charge in [0.1, 0.15) is 0 Å². The van der Waals surface area contributed by atoms with Gasteiger partial charge in [0.15, 0.2) is 0 Å². The van der Waals surface area contributed by atoms with Crippen molar-refractivity contribution >= 4 is 33.6 Å². The molecule has 0 radical (unpaired) electrons. The second-order valence-corrected chi connectivity index (χ2v) is 5.53. The normalized spacial score (nSPS) is 11.8. The van der Waals surface area contributed by atoms with E-state index in [0.29, 0.717) is 12.1 Å². The maximum absolute atomic E-state index is 11.8. The number of benzene rings is 1. The van der Waals surface area contributed by atoms with Crippen molar-refractivity contribution in [2.24, 2.45) is 5.92 Å². The first-order chi connectivity index (χ1) is 9.43. The zero-order valence-electron chi connectivity index (χ0n) is 11.6. The van der Waals surface area contributed by atoms with E-state index in [0.717, 1.165) is 16.5 Å². The minimum Gasteiger partial charge on any atom is -0.481 e. The van der Waals surface area contributed by atoms with Crippen LogP contribution in [0.15, 0.2) is 22.7 Å². The van der Waals surface area contributed by atoms with Gasteiger partial charge in [-0.3, -0.25) is 4.79 Å². The first kappa shape index (κ1) is 16.5. The van der Waals surface area contributed by atoms with E-state index in [9.17, 15) is 9.59 Å². The summed E-state index contributed by atoms with van der Waals surface area (Å²) >= 11 is 3.35. The van der Waals surface area contributed by atoms with Gasteiger partial charge < -0.3 is 15.7 Å². The summed E-state index contributed by atoms with van der Waals surface area (Å²) in [7, 11) is 0. The van der Waals surface area contributed by atoms with Crippen LogP contribution in [-0.4, -0.2) is 23.7 Å². The maximum atomic E-state index is 11.8. The molecule has 5 nitrogen and oxygen atoms in total. The molecule has 3 N–H and O–H groups in total. The summed E-state index contributed by atoms with van der Waals surface area (Å²) in [5.41, 5.74) is 1.63. The van der Waals surface area contributed by atoms with Crippen LogP contribution in [0.25, 0.3) is 0 Å². The lowest BCUT2D eigenvalue weighted by molar-refractivity contribution is -0.141. The van der Waals surface area contributed by atoms with Crippen LogP contribution in [0.3, 0.4) is 0 Å². The molecule has 1 aromatic carbocycles. The molecular formula is C14H19BrN2O3. The molecule has 0 aliphatic heterocycles. The van der Waals surface area contributed by atoms with Gasteiger partial charge in [-0.05, 0) is 37.1 Å². The first-order valence-corrected chi connectivity index (χ1v) is 7.27. The van der Waals surface area contributed by atoms with E-state index in [2.05, 4.69) is 26.6 Å². The molecular weight excluding hydrogens is 324 g/mol. The standard InChI is InChI=1S/C14H19BrN2O3/c1-3-4-10(13(18)19)8-16-14(20)17-12-6-5-11(15)7-9(12)2/h5-7,10H,3-4,8H2,1-2H3,(H,18,19)(H2,16,17,20). The number of aliphatic carboxylic acids is 1. The van der Waals surface area contributed by atoms with Gasteiger partial charge in [-0.15, -0.1) is 0 Å². The third-order valence-corrected chi connectivity index (χ3v) is 3.43. The van der Waals surface area contributed by atoms with Crippen molar-refractivity contribution in [2.75, 3.05) is 11.9 Å². The van der Waals surface area contributed by atoms with Crippen LogP contribution < -0.4 is 10.6 Å². The third kappa shape index (κ3) is 5.21. The zero-order chi connectivity index (χ0) is 15.1. The number of hydrogen-bond donors (Lipinski definition) is 3. The van der Waals surface area contributed by atoms with Crippen LogP contribution in [-0.2, 0) is 4.79 Å². The third-order valence-electron chi connectivity index (χ3n) is 2.93. The van der Waals surface area contributed by atoms with E-state index in [1.165, 1.54) is 0 Å². The highest BCUT2D eigenvalue weighted by atomic mass is 79.9. The molecule has 110 valence electrons. The Balaban J connectivity index is 2.53. The Morgan fingerprint density at radius 3 is 2.65 bits per heavy atom. The summed E-state index contributed by atoms with van der Waals surface area (Å²) in [6.07, 6.45) is 1.32. The highest BCUT2D eigenvalue weighted by Crippen LogP contribution is 2.19. The Morgan fingerprint density at radius 2 is 2.10 bits per heavy atom. The van der Waals surface area contributed by atoms with Crippen molar-refractivity contribution in [3.8, 4) is 0 Å². The average Bonchev–Trinajstić information content (AvgIpc) is 2.37. The Hall–Kier alpha value is -1.56. The Morgan fingerprint density at radius 1 is 1.40 bits per heavy atom. The van der Waals surface area contributed by atoms with Crippen LogP contribution in [0.1, 0.15) is 25.3 Å². The van der Waals surface area contributed by atoms with Gasteiger partial charge >= 0.3 is 12.0 Å². The number of amides is 2. The molecule has 2 amide bonds. The van der Waals surface area contributed by atoms with E-state index < -0.39 is 17.9 Å². The van der Waals surface area contributed by atoms with Crippen molar-refractivity contribution in [2.45, 2.75) is 26.7 Å². The summed E-state index contributed by atoms with van der Waals surface area (Å²) in [6, 6.07) is 5.13. The van der Waals surface area contributed by atoms with Crippen LogP contribution in [0.5, 0.6) is 0 Å². The lowest BCUT2D eigenvalue weighted by atomic mass is 10.0. The predicted molar refractivity (Wildman–Crippen MR) is 81.9 cm³/mol. The molecule has 1 aromatic rings. The Kier molecular flexibility index (Phi) is 6.51. The Labute approximate surface area is 126 Å². The molecule has 0 saturated heterocycles. The van der Waals surface area contributed by atoms with Gasteiger partial charge in [-0.1, -0.05) is 29.3 Å². The quantitative estimate of drug-likeness (QED) is 0.741. The number of carboxylic acid groups (broad SMARTS) is 1.